The number of imidazole rings is 1. The molecule has 0 bridgehead atoms. The van der Waals surface area contributed by atoms with E-state index in [-0.39, 0.29) is 5.91 Å². The van der Waals surface area contributed by atoms with Crippen molar-refractivity contribution < 1.29 is 4.79 Å². The molecule has 0 atom stereocenters. The van der Waals surface area contributed by atoms with Gasteiger partial charge >= 0.3 is 0 Å². The predicted molar refractivity (Wildman–Crippen MR) is 107 cm³/mol. The van der Waals surface area contributed by atoms with Crippen LogP contribution >= 0.6 is 0 Å². The predicted octanol–water partition coefficient (Wildman–Crippen LogP) is 2.28. The van der Waals surface area contributed by atoms with E-state index in [2.05, 4.69) is 26.9 Å². The number of amides is 1. The highest BCUT2D eigenvalue weighted by molar-refractivity contribution is 5.94. The summed E-state index contributed by atoms with van der Waals surface area (Å²) in [6.45, 7) is 5.36. The van der Waals surface area contributed by atoms with E-state index in [4.69, 9.17) is 0 Å². The lowest BCUT2D eigenvalue weighted by Crippen LogP contribution is -2.47. The van der Waals surface area contributed by atoms with E-state index in [1.807, 2.05) is 52.9 Å². The molecule has 2 aromatic heterocycles. The van der Waals surface area contributed by atoms with Crippen molar-refractivity contribution in [1.29, 1.82) is 0 Å². The molecule has 1 aromatic carbocycles. The highest BCUT2D eigenvalue weighted by atomic mass is 16.2. The lowest BCUT2D eigenvalue weighted by Gasteiger charge is -2.32. The van der Waals surface area contributed by atoms with E-state index in [1.165, 1.54) is 0 Å². The maximum atomic E-state index is 12.9. The smallest absolute Gasteiger partial charge is 0.254 e. The number of benzene rings is 1. The molecule has 0 unspecified atom stereocenters. The molecule has 0 saturated carbocycles. The van der Waals surface area contributed by atoms with Gasteiger partial charge in [-0.2, -0.15) is 0 Å². The fourth-order valence-electron chi connectivity index (χ4n) is 3.38. The normalized spacial score (nSPS) is 15.0. The third kappa shape index (κ3) is 3.66. The van der Waals surface area contributed by atoms with Crippen molar-refractivity contribution in [3.63, 3.8) is 0 Å². The summed E-state index contributed by atoms with van der Waals surface area (Å²) in [6, 6.07) is 9.55. The summed E-state index contributed by atoms with van der Waals surface area (Å²) in [5.74, 6) is 1.60. The number of hydrogen-bond donors (Lipinski definition) is 0. The lowest BCUT2D eigenvalue weighted by atomic mass is 10.1. The number of carbonyl (C=O) groups excluding carboxylic acids is 1. The van der Waals surface area contributed by atoms with Gasteiger partial charge in [0.2, 0.25) is 0 Å². The van der Waals surface area contributed by atoms with Crippen LogP contribution < -0.4 is 0 Å². The molecule has 3 aromatic rings. The highest BCUT2D eigenvalue weighted by Gasteiger charge is 2.21. The molecule has 7 heteroatoms. The number of aromatic nitrogens is 4. The van der Waals surface area contributed by atoms with Crippen LogP contribution in [0.25, 0.3) is 17.2 Å². The fourth-order valence-corrected chi connectivity index (χ4v) is 3.38. The third-order valence-corrected chi connectivity index (χ3v) is 5.05. The van der Waals surface area contributed by atoms with Gasteiger partial charge in [-0.3, -0.25) is 9.36 Å². The molecule has 7 nitrogen and oxygen atoms in total. The first kappa shape index (κ1) is 18.3. The summed E-state index contributed by atoms with van der Waals surface area (Å²) in [5.41, 5.74) is 2.36. The molecule has 0 radical (unpaired) electrons. The van der Waals surface area contributed by atoms with Gasteiger partial charge < -0.3 is 9.80 Å². The quantitative estimate of drug-likeness (QED) is 0.699. The van der Waals surface area contributed by atoms with Gasteiger partial charge in [0.05, 0.1) is 0 Å². The van der Waals surface area contributed by atoms with Crippen molar-refractivity contribution in [3.8, 4) is 17.2 Å². The topological polar surface area (TPSA) is 67.2 Å². The Morgan fingerprint density at radius 3 is 2.68 bits per heavy atom. The summed E-state index contributed by atoms with van der Waals surface area (Å²) in [7, 11) is 2.08. The van der Waals surface area contributed by atoms with Gasteiger partial charge in [-0.1, -0.05) is 13.0 Å². The van der Waals surface area contributed by atoms with Gasteiger partial charge in [0.15, 0.2) is 5.82 Å². The molecular formula is C21H24N6O. The molecule has 1 saturated heterocycles. The Hall–Kier alpha value is -3.06. The van der Waals surface area contributed by atoms with E-state index < -0.39 is 0 Å². The lowest BCUT2D eigenvalue weighted by molar-refractivity contribution is 0.0664. The second-order valence-corrected chi connectivity index (χ2v) is 6.98. The summed E-state index contributed by atoms with van der Waals surface area (Å²) in [5, 5.41) is 0. The van der Waals surface area contributed by atoms with Crippen molar-refractivity contribution in [2.24, 2.45) is 0 Å². The summed E-state index contributed by atoms with van der Waals surface area (Å²) in [6.07, 6.45) is 6.16. The molecule has 1 aliphatic rings. The number of aryl methyl sites for hydroxylation is 1. The van der Waals surface area contributed by atoms with E-state index in [0.717, 1.165) is 55.6 Å². The van der Waals surface area contributed by atoms with Crippen molar-refractivity contribution in [2.45, 2.75) is 13.3 Å². The van der Waals surface area contributed by atoms with Crippen molar-refractivity contribution >= 4 is 5.91 Å². The minimum absolute atomic E-state index is 0.0759. The molecule has 1 aliphatic heterocycles. The highest BCUT2D eigenvalue weighted by Crippen LogP contribution is 2.21. The molecule has 0 aliphatic carbocycles. The van der Waals surface area contributed by atoms with E-state index >= 15 is 0 Å². The Balaban J connectivity index is 1.64. The zero-order valence-electron chi connectivity index (χ0n) is 16.2. The van der Waals surface area contributed by atoms with Crippen LogP contribution in [0.15, 0.2) is 48.9 Å². The summed E-state index contributed by atoms with van der Waals surface area (Å²) < 4.78 is 1.96. The standard InChI is InChI=1S/C21H24N6O/c1-3-19-22-8-7-18(24-19)20-23-9-10-27(20)17-6-4-5-16(15-17)21(28)26-13-11-25(2)12-14-26/h4-10,15H,3,11-14H2,1-2H3. The molecule has 4 rings (SSSR count). The second-order valence-electron chi connectivity index (χ2n) is 6.98. The van der Waals surface area contributed by atoms with Gasteiger partial charge in [0, 0.05) is 62.4 Å². The Morgan fingerprint density at radius 2 is 1.89 bits per heavy atom. The first-order valence-corrected chi connectivity index (χ1v) is 9.59. The van der Waals surface area contributed by atoms with Crippen LogP contribution in [-0.2, 0) is 6.42 Å². The molecule has 0 N–H and O–H groups in total. The van der Waals surface area contributed by atoms with Crippen molar-refractivity contribution in [2.75, 3.05) is 33.2 Å². The van der Waals surface area contributed by atoms with Crippen LogP contribution in [0.1, 0.15) is 23.1 Å². The Kier molecular flexibility index (Phi) is 5.16. The van der Waals surface area contributed by atoms with E-state index in [1.54, 1.807) is 12.4 Å². The molecule has 1 amide bonds. The number of rotatable bonds is 4. The van der Waals surface area contributed by atoms with Crippen LogP contribution in [0, 0.1) is 0 Å². The number of piperazine rings is 1. The molecule has 0 spiro atoms. The van der Waals surface area contributed by atoms with Gasteiger partial charge in [0.25, 0.3) is 5.91 Å². The van der Waals surface area contributed by atoms with Crippen LogP contribution in [0.4, 0.5) is 0 Å². The zero-order chi connectivity index (χ0) is 19.5. The Bertz CT molecular complexity index is 974. The van der Waals surface area contributed by atoms with E-state index in [9.17, 15) is 4.79 Å². The van der Waals surface area contributed by atoms with Crippen LogP contribution in [-0.4, -0.2) is 68.5 Å². The van der Waals surface area contributed by atoms with Gasteiger partial charge in [-0.15, -0.1) is 0 Å². The van der Waals surface area contributed by atoms with E-state index in [0.29, 0.717) is 5.56 Å². The number of likely N-dealkylation sites (N-methyl/N-ethyl adjacent to an activating group) is 1. The van der Waals surface area contributed by atoms with Crippen LogP contribution in [0.2, 0.25) is 0 Å². The molecular weight excluding hydrogens is 352 g/mol. The minimum atomic E-state index is 0.0759. The van der Waals surface area contributed by atoms with Crippen LogP contribution in [0.3, 0.4) is 0 Å². The zero-order valence-corrected chi connectivity index (χ0v) is 16.2. The molecule has 1 fully saturated rings. The SMILES string of the molecule is CCc1nccc(-c2nccn2-c2cccc(C(=O)N3CCN(C)CC3)c2)n1. The minimum Gasteiger partial charge on any atom is -0.336 e. The molecule has 28 heavy (non-hydrogen) atoms. The molecule has 144 valence electrons. The number of nitrogens with zero attached hydrogens (tertiary/aromatic N) is 6. The third-order valence-electron chi connectivity index (χ3n) is 5.05. The Labute approximate surface area is 164 Å². The maximum absolute atomic E-state index is 12.9. The van der Waals surface area contributed by atoms with Crippen LogP contribution in [0.5, 0.6) is 0 Å². The summed E-state index contributed by atoms with van der Waals surface area (Å²) in [4.78, 5) is 30.4. The number of carbonyl (C=O) groups is 1. The van der Waals surface area contributed by atoms with Crippen molar-refractivity contribution in [1.82, 2.24) is 29.3 Å². The fraction of sp³-hybridized carbons (Fsp3) is 0.333. The maximum Gasteiger partial charge on any atom is 0.254 e. The van der Waals surface area contributed by atoms with Gasteiger partial charge in [-0.05, 0) is 31.3 Å². The van der Waals surface area contributed by atoms with Gasteiger partial charge in [-0.25, -0.2) is 15.0 Å². The summed E-state index contributed by atoms with van der Waals surface area (Å²) >= 11 is 0. The average molecular weight is 376 g/mol. The first-order chi connectivity index (χ1) is 13.7. The Morgan fingerprint density at radius 1 is 1.07 bits per heavy atom. The average Bonchev–Trinajstić information content (AvgIpc) is 3.24. The van der Waals surface area contributed by atoms with Gasteiger partial charge in [0.1, 0.15) is 11.5 Å². The molecule has 3 heterocycles. The second kappa shape index (κ2) is 7.90. The first-order valence-electron chi connectivity index (χ1n) is 9.59. The largest absolute Gasteiger partial charge is 0.336 e. The number of hydrogen-bond acceptors (Lipinski definition) is 5. The van der Waals surface area contributed by atoms with Crippen molar-refractivity contribution in [3.05, 3.63) is 60.3 Å². The monoisotopic (exact) mass is 376 g/mol.